The van der Waals surface area contributed by atoms with Crippen molar-refractivity contribution in [1.29, 1.82) is 0 Å². The molecule has 1 heterocycles. The van der Waals surface area contributed by atoms with Crippen molar-refractivity contribution in [2.24, 2.45) is 23.0 Å². The van der Waals surface area contributed by atoms with Crippen molar-refractivity contribution in [3.8, 4) is 0 Å². The summed E-state index contributed by atoms with van der Waals surface area (Å²) in [5.41, 5.74) is 8.09. The van der Waals surface area contributed by atoms with Crippen LogP contribution in [0.5, 0.6) is 0 Å². The van der Waals surface area contributed by atoms with Crippen molar-refractivity contribution in [2.45, 2.75) is 52.1 Å². The van der Waals surface area contributed by atoms with Crippen LogP contribution >= 0.6 is 0 Å². The summed E-state index contributed by atoms with van der Waals surface area (Å²) >= 11 is 0. The van der Waals surface area contributed by atoms with Gasteiger partial charge in [0.25, 0.3) is 0 Å². The fourth-order valence-corrected chi connectivity index (χ4v) is 2.97. The number of aromatic nitrogens is 2. The van der Waals surface area contributed by atoms with Gasteiger partial charge in [-0.05, 0) is 42.9 Å². The number of nitrogens with zero attached hydrogens (tertiary/aromatic N) is 2. The second-order valence-corrected chi connectivity index (χ2v) is 6.35. The molecule has 2 fully saturated rings. The first-order valence-electron chi connectivity index (χ1n) is 6.88. The molecule has 1 aromatic rings. The van der Waals surface area contributed by atoms with Crippen LogP contribution in [-0.4, -0.2) is 9.55 Å². The van der Waals surface area contributed by atoms with Crippen molar-refractivity contribution in [1.82, 2.24) is 9.55 Å². The molecule has 0 saturated heterocycles. The third-order valence-electron chi connectivity index (χ3n) is 4.63. The highest BCUT2D eigenvalue weighted by Gasteiger charge is 2.53. The Morgan fingerprint density at radius 2 is 2.18 bits per heavy atom. The zero-order valence-electron chi connectivity index (χ0n) is 10.9. The van der Waals surface area contributed by atoms with E-state index in [-0.39, 0.29) is 6.04 Å². The second kappa shape index (κ2) is 3.84. The molecule has 2 aliphatic rings. The molecule has 17 heavy (non-hydrogen) atoms. The Morgan fingerprint density at radius 1 is 1.47 bits per heavy atom. The van der Waals surface area contributed by atoms with Crippen LogP contribution in [0.3, 0.4) is 0 Å². The molecule has 3 rings (SSSR count). The highest BCUT2D eigenvalue weighted by atomic mass is 15.1. The van der Waals surface area contributed by atoms with Gasteiger partial charge in [0.2, 0.25) is 0 Å². The molecule has 1 atom stereocenters. The van der Waals surface area contributed by atoms with Crippen molar-refractivity contribution in [3.63, 3.8) is 0 Å². The Morgan fingerprint density at radius 3 is 2.71 bits per heavy atom. The average molecular weight is 233 g/mol. The van der Waals surface area contributed by atoms with Gasteiger partial charge in [0, 0.05) is 18.8 Å². The van der Waals surface area contributed by atoms with Gasteiger partial charge in [-0.2, -0.15) is 0 Å². The third kappa shape index (κ3) is 2.01. The first kappa shape index (κ1) is 11.3. The molecule has 3 heteroatoms. The lowest BCUT2D eigenvalue weighted by Crippen LogP contribution is -2.23. The van der Waals surface area contributed by atoms with Crippen LogP contribution in [0.4, 0.5) is 0 Å². The molecule has 0 radical (unpaired) electrons. The van der Waals surface area contributed by atoms with Crippen LogP contribution in [0.15, 0.2) is 12.5 Å². The van der Waals surface area contributed by atoms with E-state index in [1.54, 1.807) is 0 Å². The van der Waals surface area contributed by atoms with Gasteiger partial charge in [-0.25, -0.2) is 4.98 Å². The fraction of sp³-hybridized carbons (Fsp3) is 0.786. The van der Waals surface area contributed by atoms with Gasteiger partial charge >= 0.3 is 0 Å². The zero-order chi connectivity index (χ0) is 12.0. The summed E-state index contributed by atoms with van der Waals surface area (Å²) in [6, 6.07) is 0.118. The van der Waals surface area contributed by atoms with Crippen LogP contribution in [-0.2, 0) is 6.54 Å². The molecule has 2 saturated carbocycles. The molecule has 0 aliphatic heterocycles. The van der Waals surface area contributed by atoms with Crippen LogP contribution in [0.1, 0.15) is 51.3 Å². The average Bonchev–Trinajstić information content (AvgIpc) is 3.16. The summed E-state index contributed by atoms with van der Waals surface area (Å²) in [7, 11) is 0. The first-order valence-corrected chi connectivity index (χ1v) is 6.88. The standard InChI is InChI=1S/C14H23N3/c1-10(2)13(15)12-7-16-9-17(12)8-14(5-6-14)11-3-4-11/h7,9-11,13H,3-6,8,15H2,1-2H3. The van der Waals surface area contributed by atoms with E-state index in [0.29, 0.717) is 11.3 Å². The molecule has 0 amide bonds. The van der Waals surface area contributed by atoms with Gasteiger partial charge < -0.3 is 10.3 Å². The van der Waals surface area contributed by atoms with Crippen molar-refractivity contribution < 1.29 is 0 Å². The van der Waals surface area contributed by atoms with Crippen molar-refractivity contribution >= 4 is 0 Å². The molecular formula is C14H23N3. The maximum absolute atomic E-state index is 6.25. The lowest BCUT2D eigenvalue weighted by Gasteiger charge is -2.21. The molecule has 0 spiro atoms. The van der Waals surface area contributed by atoms with Gasteiger partial charge in [-0.3, -0.25) is 0 Å². The van der Waals surface area contributed by atoms with E-state index in [1.807, 2.05) is 12.5 Å². The van der Waals surface area contributed by atoms with Crippen LogP contribution in [0, 0.1) is 17.3 Å². The minimum Gasteiger partial charge on any atom is -0.333 e. The minimum absolute atomic E-state index is 0.118. The maximum atomic E-state index is 6.25. The second-order valence-electron chi connectivity index (χ2n) is 6.35. The van der Waals surface area contributed by atoms with E-state index in [1.165, 1.54) is 31.4 Å². The summed E-state index contributed by atoms with van der Waals surface area (Å²) < 4.78 is 2.32. The summed E-state index contributed by atoms with van der Waals surface area (Å²) in [5, 5.41) is 0. The summed E-state index contributed by atoms with van der Waals surface area (Å²) in [4.78, 5) is 4.30. The Kier molecular flexibility index (Phi) is 2.54. The van der Waals surface area contributed by atoms with Crippen LogP contribution in [0.25, 0.3) is 0 Å². The van der Waals surface area contributed by atoms with E-state index in [9.17, 15) is 0 Å². The largest absolute Gasteiger partial charge is 0.333 e. The molecule has 0 bridgehead atoms. The van der Waals surface area contributed by atoms with Crippen LogP contribution < -0.4 is 5.73 Å². The lowest BCUT2D eigenvalue weighted by atomic mass is 9.99. The Hall–Kier alpha value is -0.830. The lowest BCUT2D eigenvalue weighted by molar-refractivity contribution is 0.353. The number of imidazole rings is 1. The molecule has 3 nitrogen and oxygen atoms in total. The third-order valence-corrected chi connectivity index (χ3v) is 4.63. The zero-order valence-corrected chi connectivity index (χ0v) is 10.9. The highest BCUT2D eigenvalue weighted by molar-refractivity contribution is 5.10. The quantitative estimate of drug-likeness (QED) is 0.849. The highest BCUT2D eigenvalue weighted by Crippen LogP contribution is 2.62. The molecule has 0 aromatic carbocycles. The Bertz CT molecular complexity index is 399. The Balaban J connectivity index is 1.77. The van der Waals surface area contributed by atoms with E-state index >= 15 is 0 Å². The van der Waals surface area contributed by atoms with E-state index in [2.05, 4.69) is 23.4 Å². The monoisotopic (exact) mass is 233 g/mol. The smallest absolute Gasteiger partial charge is 0.0948 e. The first-order chi connectivity index (χ1) is 8.12. The van der Waals surface area contributed by atoms with E-state index in [4.69, 9.17) is 5.73 Å². The summed E-state index contributed by atoms with van der Waals surface area (Å²) in [5.74, 6) is 1.47. The number of hydrogen-bond donors (Lipinski definition) is 1. The van der Waals surface area contributed by atoms with Gasteiger partial charge in [0.1, 0.15) is 0 Å². The molecule has 2 N–H and O–H groups in total. The number of rotatable bonds is 5. The summed E-state index contributed by atoms with van der Waals surface area (Å²) in [6.07, 6.45) is 9.63. The molecule has 1 aromatic heterocycles. The van der Waals surface area contributed by atoms with Crippen molar-refractivity contribution in [3.05, 3.63) is 18.2 Å². The van der Waals surface area contributed by atoms with Gasteiger partial charge in [0.05, 0.1) is 12.0 Å². The van der Waals surface area contributed by atoms with Gasteiger partial charge in [-0.15, -0.1) is 0 Å². The normalized spacial score (nSPS) is 24.0. The number of nitrogens with two attached hydrogens (primary N) is 1. The topological polar surface area (TPSA) is 43.8 Å². The fourth-order valence-electron chi connectivity index (χ4n) is 2.97. The predicted octanol–water partition coefficient (Wildman–Crippen LogP) is 2.73. The van der Waals surface area contributed by atoms with E-state index < -0.39 is 0 Å². The maximum Gasteiger partial charge on any atom is 0.0948 e. The molecule has 1 unspecified atom stereocenters. The van der Waals surface area contributed by atoms with Gasteiger partial charge in [-0.1, -0.05) is 13.8 Å². The summed E-state index contributed by atoms with van der Waals surface area (Å²) in [6.45, 7) is 5.50. The Labute approximate surface area is 103 Å². The molecule has 94 valence electrons. The van der Waals surface area contributed by atoms with Crippen LogP contribution in [0.2, 0.25) is 0 Å². The van der Waals surface area contributed by atoms with Crippen molar-refractivity contribution in [2.75, 3.05) is 0 Å². The molecular weight excluding hydrogens is 210 g/mol. The van der Waals surface area contributed by atoms with E-state index in [0.717, 1.165) is 12.5 Å². The SMILES string of the molecule is CC(C)C(N)c1cncn1CC1(C2CC2)CC1. The predicted molar refractivity (Wildman–Crippen MR) is 68.4 cm³/mol. The number of hydrogen-bond acceptors (Lipinski definition) is 2. The molecule has 2 aliphatic carbocycles. The minimum atomic E-state index is 0.118. The van der Waals surface area contributed by atoms with Gasteiger partial charge in [0.15, 0.2) is 0 Å².